The second-order valence-corrected chi connectivity index (χ2v) is 7.35. The minimum atomic E-state index is -0.0735. The van der Waals surface area contributed by atoms with Gasteiger partial charge >= 0.3 is 0 Å². The smallest absolute Gasteiger partial charge is 0.276 e. The van der Waals surface area contributed by atoms with Crippen molar-refractivity contribution in [2.45, 2.75) is 18.9 Å². The number of benzene rings is 2. The van der Waals surface area contributed by atoms with Crippen molar-refractivity contribution in [2.75, 3.05) is 27.2 Å². The molecule has 0 radical (unpaired) electrons. The molecule has 1 fully saturated rings. The van der Waals surface area contributed by atoms with E-state index in [0.29, 0.717) is 5.69 Å². The maximum Gasteiger partial charge on any atom is 0.276 e. The molecule has 0 N–H and O–H groups in total. The molecule has 1 aliphatic rings. The number of rotatable bonds is 4. The van der Waals surface area contributed by atoms with E-state index in [-0.39, 0.29) is 11.9 Å². The number of aromatic nitrogens is 3. The molecule has 6 nitrogen and oxygen atoms in total. The zero-order chi connectivity index (χ0) is 19.5. The van der Waals surface area contributed by atoms with E-state index in [1.54, 1.807) is 4.68 Å². The Labute approximate surface area is 165 Å². The predicted octanol–water partition coefficient (Wildman–Crippen LogP) is 3.10. The number of hydrogen-bond acceptors (Lipinski definition) is 4. The molecule has 4 rings (SSSR count). The number of carbonyl (C=O) groups excluding carboxylic acids is 1. The SMILES string of the molecule is CN1CCC(N(C)C(=O)c2nnn(-c3ccccc3)c2-c2ccccc2)CC1. The van der Waals surface area contributed by atoms with Crippen LogP contribution in [0.3, 0.4) is 0 Å². The van der Waals surface area contributed by atoms with E-state index in [9.17, 15) is 4.79 Å². The quantitative estimate of drug-likeness (QED) is 0.703. The van der Waals surface area contributed by atoms with Gasteiger partial charge in [0.1, 0.15) is 5.69 Å². The molecule has 144 valence electrons. The summed E-state index contributed by atoms with van der Waals surface area (Å²) in [6.45, 7) is 2.01. The summed E-state index contributed by atoms with van der Waals surface area (Å²) in [4.78, 5) is 17.5. The molecule has 0 spiro atoms. The second-order valence-electron chi connectivity index (χ2n) is 7.35. The first-order valence-electron chi connectivity index (χ1n) is 9.67. The van der Waals surface area contributed by atoms with E-state index < -0.39 is 0 Å². The van der Waals surface area contributed by atoms with Crippen LogP contribution in [0.2, 0.25) is 0 Å². The average Bonchev–Trinajstić information content (AvgIpc) is 3.19. The van der Waals surface area contributed by atoms with E-state index in [2.05, 4.69) is 22.3 Å². The summed E-state index contributed by atoms with van der Waals surface area (Å²) in [5, 5.41) is 8.65. The lowest BCUT2D eigenvalue weighted by atomic mass is 10.0. The van der Waals surface area contributed by atoms with Crippen LogP contribution in [0.15, 0.2) is 60.7 Å². The molecule has 1 aromatic heterocycles. The van der Waals surface area contributed by atoms with Gasteiger partial charge in [-0.05, 0) is 45.1 Å². The summed E-state index contributed by atoms with van der Waals surface area (Å²) in [7, 11) is 4.01. The summed E-state index contributed by atoms with van der Waals surface area (Å²) in [6, 6.07) is 19.9. The van der Waals surface area contributed by atoms with Crippen LogP contribution >= 0.6 is 0 Å². The van der Waals surface area contributed by atoms with Crippen LogP contribution in [-0.4, -0.2) is 63.9 Å². The molecule has 3 aromatic rings. The summed E-state index contributed by atoms with van der Waals surface area (Å²) >= 11 is 0. The van der Waals surface area contributed by atoms with E-state index in [0.717, 1.165) is 42.9 Å². The molecular formula is C22H25N5O. The third-order valence-electron chi connectivity index (χ3n) is 5.48. The third kappa shape index (κ3) is 3.55. The largest absolute Gasteiger partial charge is 0.337 e. The molecule has 1 amide bonds. The van der Waals surface area contributed by atoms with Crippen molar-refractivity contribution in [3.05, 3.63) is 66.4 Å². The zero-order valence-electron chi connectivity index (χ0n) is 16.3. The topological polar surface area (TPSA) is 54.3 Å². The van der Waals surface area contributed by atoms with E-state index in [4.69, 9.17) is 0 Å². The Bertz CT molecular complexity index is 930. The highest BCUT2D eigenvalue weighted by atomic mass is 16.2. The normalized spacial score (nSPS) is 15.5. The maximum atomic E-state index is 13.4. The highest BCUT2D eigenvalue weighted by molar-refractivity contribution is 5.98. The Hall–Kier alpha value is -2.99. The molecule has 0 unspecified atom stereocenters. The van der Waals surface area contributed by atoms with Gasteiger partial charge in [0.05, 0.1) is 5.69 Å². The minimum absolute atomic E-state index is 0.0735. The highest BCUT2D eigenvalue weighted by Gasteiger charge is 2.29. The molecule has 1 aliphatic heterocycles. The summed E-state index contributed by atoms with van der Waals surface area (Å²) in [6.07, 6.45) is 1.96. The van der Waals surface area contributed by atoms with Gasteiger partial charge < -0.3 is 9.80 Å². The van der Waals surface area contributed by atoms with Gasteiger partial charge in [-0.1, -0.05) is 53.7 Å². The monoisotopic (exact) mass is 375 g/mol. The Morgan fingerprint density at radius 1 is 1.00 bits per heavy atom. The fourth-order valence-corrected chi connectivity index (χ4v) is 3.75. The highest BCUT2D eigenvalue weighted by Crippen LogP contribution is 2.27. The molecule has 6 heteroatoms. The second kappa shape index (κ2) is 7.94. The molecule has 2 aromatic carbocycles. The van der Waals surface area contributed by atoms with Crippen LogP contribution in [0, 0.1) is 0 Å². The first-order valence-corrected chi connectivity index (χ1v) is 9.67. The Balaban J connectivity index is 1.73. The first kappa shape index (κ1) is 18.4. The first-order chi connectivity index (χ1) is 13.6. The minimum Gasteiger partial charge on any atom is -0.337 e. The van der Waals surface area contributed by atoms with E-state index >= 15 is 0 Å². The lowest BCUT2D eigenvalue weighted by Gasteiger charge is -2.34. The van der Waals surface area contributed by atoms with Crippen LogP contribution < -0.4 is 0 Å². The van der Waals surface area contributed by atoms with Gasteiger partial charge in [-0.15, -0.1) is 5.10 Å². The van der Waals surface area contributed by atoms with Gasteiger partial charge in [0, 0.05) is 18.7 Å². The third-order valence-corrected chi connectivity index (χ3v) is 5.48. The standard InChI is InChI=1S/C22H25N5O/c1-25-15-13-18(14-16-25)26(2)22(28)20-21(17-9-5-3-6-10-17)27(24-23-20)19-11-7-4-8-12-19/h3-12,18H,13-16H2,1-2H3. The molecule has 0 bridgehead atoms. The van der Waals surface area contributed by atoms with E-state index in [1.807, 2.05) is 72.6 Å². The van der Waals surface area contributed by atoms with Crippen molar-refractivity contribution in [3.8, 4) is 16.9 Å². The fourth-order valence-electron chi connectivity index (χ4n) is 3.75. The van der Waals surface area contributed by atoms with Gasteiger partial charge in [0.2, 0.25) is 0 Å². The van der Waals surface area contributed by atoms with Crippen molar-refractivity contribution >= 4 is 5.91 Å². The molecule has 0 aliphatic carbocycles. The predicted molar refractivity (Wildman–Crippen MR) is 109 cm³/mol. The number of likely N-dealkylation sites (tertiary alicyclic amines) is 1. The van der Waals surface area contributed by atoms with Crippen LogP contribution in [0.1, 0.15) is 23.3 Å². The van der Waals surface area contributed by atoms with Crippen LogP contribution in [0.4, 0.5) is 0 Å². The van der Waals surface area contributed by atoms with Gasteiger partial charge in [0.15, 0.2) is 5.69 Å². The Morgan fingerprint density at radius 2 is 1.61 bits per heavy atom. The molecular weight excluding hydrogens is 350 g/mol. The summed E-state index contributed by atoms with van der Waals surface area (Å²) in [5.41, 5.74) is 2.94. The number of piperidine rings is 1. The summed E-state index contributed by atoms with van der Waals surface area (Å²) in [5.74, 6) is -0.0735. The lowest BCUT2D eigenvalue weighted by molar-refractivity contribution is 0.0654. The number of hydrogen-bond donors (Lipinski definition) is 0. The van der Waals surface area contributed by atoms with Crippen molar-refractivity contribution in [1.82, 2.24) is 24.8 Å². The molecule has 0 atom stereocenters. The van der Waals surface area contributed by atoms with Crippen molar-refractivity contribution in [2.24, 2.45) is 0 Å². The maximum absolute atomic E-state index is 13.4. The fraction of sp³-hybridized carbons (Fsp3) is 0.318. The Morgan fingerprint density at radius 3 is 2.25 bits per heavy atom. The number of carbonyl (C=O) groups is 1. The van der Waals surface area contributed by atoms with Crippen LogP contribution in [0.5, 0.6) is 0 Å². The zero-order valence-corrected chi connectivity index (χ0v) is 16.3. The summed E-state index contributed by atoms with van der Waals surface area (Å²) < 4.78 is 1.76. The number of nitrogens with zero attached hydrogens (tertiary/aromatic N) is 5. The van der Waals surface area contributed by atoms with Crippen LogP contribution in [0.25, 0.3) is 16.9 Å². The van der Waals surface area contributed by atoms with Crippen LogP contribution in [-0.2, 0) is 0 Å². The molecule has 0 saturated carbocycles. The van der Waals surface area contributed by atoms with Crippen molar-refractivity contribution < 1.29 is 4.79 Å². The number of amides is 1. The van der Waals surface area contributed by atoms with Gasteiger partial charge in [0.25, 0.3) is 5.91 Å². The van der Waals surface area contributed by atoms with Gasteiger partial charge in [-0.25, -0.2) is 4.68 Å². The number of para-hydroxylation sites is 1. The average molecular weight is 375 g/mol. The molecule has 28 heavy (non-hydrogen) atoms. The lowest BCUT2D eigenvalue weighted by Crippen LogP contribution is -2.44. The van der Waals surface area contributed by atoms with Crippen molar-refractivity contribution in [1.29, 1.82) is 0 Å². The molecule has 1 saturated heterocycles. The molecule has 2 heterocycles. The van der Waals surface area contributed by atoms with Gasteiger partial charge in [-0.3, -0.25) is 4.79 Å². The van der Waals surface area contributed by atoms with Crippen molar-refractivity contribution in [3.63, 3.8) is 0 Å². The van der Waals surface area contributed by atoms with E-state index in [1.165, 1.54) is 0 Å². The van der Waals surface area contributed by atoms with Gasteiger partial charge in [-0.2, -0.15) is 0 Å². The Kier molecular flexibility index (Phi) is 5.21.